The Morgan fingerprint density at radius 3 is 2.69 bits per heavy atom. The van der Waals surface area contributed by atoms with Crippen LogP contribution in [0.5, 0.6) is 0 Å². The zero-order valence-corrected chi connectivity index (χ0v) is 14.9. The van der Waals surface area contributed by atoms with Gasteiger partial charge in [-0.15, -0.1) is 5.10 Å². The van der Waals surface area contributed by atoms with Gasteiger partial charge in [0, 0.05) is 5.69 Å². The van der Waals surface area contributed by atoms with Crippen LogP contribution in [0.25, 0.3) is 11.4 Å². The summed E-state index contributed by atoms with van der Waals surface area (Å²) < 4.78 is 27.4. The largest absolute Gasteiger partial charge is 0.325 e. The first-order valence-electron chi connectivity index (χ1n) is 7.85. The molecule has 0 saturated heterocycles. The van der Waals surface area contributed by atoms with E-state index >= 15 is 0 Å². The van der Waals surface area contributed by atoms with E-state index in [9.17, 15) is 13.6 Å². The first kappa shape index (κ1) is 18.1. The molecule has 1 amide bonds. The maximum absolute atomic E-state index is 13.8. The van der Waals surface area contributed by atoms with Gasteiger partial charge in [0.15, 0.2) is 5.82 Å². The maximum atomic E-state index is 13.8. The van der Waals surface area contributed by atoms with E-state index < -0.39 is 11.1 Å². The molecule has 0 radical (unpaired) electrons. The van der Waals surface area contributed by atoms with E-state index in [-0.39, 0.29) is 11.7 Å². The Labute approximate surface area is 153 Å². The number of hydrogen-bond donors (Lipinski definition) is 2. The summed E-state index contributed by atoms with van der Waals surface area (Å²) in [6, 6.07) is 10.7. The van der Waals surface area contributed by atoms with Gasteiger partial charge in [-0.3, -0.25) is 9.89 Å². The van der Waals surface area contributed by atoms with E-state index in [0.717, 1.165) is 11.8 Å². The molecular formula is C18H16F2N4OS. The first-order chi connectivity index (χ1) is 12.4. The van der Waals surface area contributed by atoms with Gasteiger partial charge in [0.1, 0.15) is 11.6 Å². The number of carbonyl (C=O) groups excluding carboxylic acids is 1. The highest BCUT2D eigenvalue weighted by Crippen LogP contribution is 2.25. The molecule has 1 atom stereocenters. The lowest BCUT2D eigenvalue weighted by atomic mass is 10.2. The van der Waals surface area contributed by atoms with Crippen LogP contribution in [0.3, 0.4) is 0 Å². The van der Waals surface area contributed by atoms with Gasteiger partial charge in [-0.2, -0.15) is 0 Å². The second-order valence-electron chi connectivity index (χ2n) is 5.66. The summed E-state index contributed by atoms with van der Waals surface area (Å²) in [5.74, 6) is -0.812. The monoisotopic (exact) mass is 374 g/mol. The third-order valence-corrected chi connectivity index (χ3v) is 4.65. The number of benzene rings is 2. The van der Waals surface area contributed by atoms with Crippen LogP contribution in [0.1, 0.15) is 12.5 Å². The van der Waals surface area contributed by atoms with E-state index in [0.29, 0.717) is 27.8 Å². The Morgan fingerprint density at radius 2 is 1.96 bits per heavy atom. The van der Waals surface area contributed by atoms with Crippen molar-refractivity contribution < 1.29 is 13.6 Å². The molecule has 0 aliphatic carbocycles. The molecule has 2 aromatic carbocycles. The van der Waals surface area contributed by atoms with Gasteiger partial charge >= 0.3 is 0 Å². The van der Waals surface area contributed by atoms with Crippen LogP contribution in [0.2, 0.25) is 0 Å². The summed E-state index contributed by atoms with van der Waals surface area (Å²) >= 11 is 1.12. The Morgan fingerprint density at radius 1 is 1.19 bits per heavy atom. The third-order valence-electron chi connectivity index (χ3n) is 3.68. The Bertz CT molecular complexity index is 944. The van der Waals surface area contributed by atoms with Crippen molar-refractivity contribution in [2.24, 2.45) is 0 Å². The number of amides is 1. The topological polar surface area (TPSA) is 70.7 Å². The molecule has 8 heteroatoms. The molecule has 0 unspecified atom stereocenters. The number of H-pyrrole nitrogens is 1. The number of nitrogens with zero attached hydrogens (tertiary/aromatic N) is 2. The fourth-order valence-corrected chi connectivity index (χ4v) is 2.92. The lowest BCUT2D eigenvalue weighted by Gasteiger charge is -2.10. The summed E-state index contributed by atoms with van der Waals surface area (Å²) in [5, 5.41) is 9.12. The molecule has 1 heterocycles. The molecule has 0 aliphatic heterocycles. The molecule has 26 heavy (non-hydrogen) atoms. The van der Waals surface area contributed by atoms with Crippen molar-refractivity contribution >= 4 is 23.4 Å². The number of carbonyl (C=O) groups is 1. The Balaban J connectivity index is 1.66. The molecule has 0 fully saturated rings. The molecule has 3 aromatic rings. The number of nitrogens with one attached hydrogen (secondary N) is 2. The molecule has 0 aliphatic rings. The summed E-state index contributed by atoms with van der Waals surface area (Å²) in [5.41, 5.74) is 1.19. The lowest BCUT2D eigenvalue weighted by Crippen LogP contribution is -2.22. The summed E-state index contributed by atoms with van der Waals surface area (Å²) in [7, 11) is 0. The summed E-state index contributed by atoms with van der Waals surface area (Å²) in [6.07, 6.45) is 0. The number of hydrogen-bond acceptors (Lipinski definition) is 4. The Kier molecular flexibility index (Phi) is 5.32. The minimum Gasteiger partial charge on any atom is -0.325 e. The lowest BCUT2D eigenvalue weighted by molar-refractivity contribution is -0.115. The highest BCUT2D eigenvalue weighted by Gasteiger charge is 2.18. The highest BCUT2D eigenvalue weighted by atomic mass is 32.2. The van der Waals surface area contributed by atoms with E-state index in [4.69, 9.17) is 0 Å². The average molecular weight is 374 g/mol. The van der Waals surface area contributed by atoms with E-state index in [1.54, 1.807) is 44.2 Å². The van der Waals surface area contributed by atoms with Crippen LogP contribution in [-0.2, 0) is 4.79 Å². The molecule has 3 rings (SSSR count). The van der Waals surface area contributed by atoms with Crippen molar-refractivity contribution in [3.05, 3.63) is 59.7 Å². The van der Waals surface area contributed by atoms with Crippen LogP contribution >= 0.6 is 11.8 Å². The molecular weight excluding hydrogens is 358 g/mol. The van der Waals surface area contributed by atoms with Crippen molar-refractivity contribution in [1.82, 2.24) is 15.2 Å². The molecule has 0 spiro atoms. The average Bonchev–Trinajstić information content (AvgIpc) is 3.06. The normalized spacial score (nSPS) is 12.0. The van der Waals surface area contributed by atoms with Crippen LogP contribution in [0, 0.1) is 18.6 Å². The smallest absolute Gasteiger partial charge is 0.237 e. The van der Waals surface area contributed by atoms with Gasteiger partial charge < -0.3 is 5.32 Å². The van der Waals surface area contributed by atoms with Gasteiger partial charge in [-0.1, -0.05) is 30.0 Å². The number of anilines is 1. The fourth-order valence-electron chi connectivity index (χ4n) is 2.20. The Hall–Kier alpha value is -2.74. The second kappa shape index (κ2) is 7.65. The minimum atomic E-state index is -0.524. The fraction of sp³-hybridized carbons (Fsp3) is 0.167. The number of aryl methyl sites for hydroxylation is 1. The molecule has 134 valence electrons. The van der Waals surface area contributed by atoms with Crippen LogP contribution in [0.15, 0.2) is 47.6 Å². The standard InChI is InChI=1S/C18H16F2N4OS/c1-10-7-8-12(9-15(10)20)21-17(25)11(2)26-18-22-16(23-24-18)13-5-3-4-6-14(13)19/h3-9,11H,1-2H3,(H,21,25)(H,22,23,24)/t11-/m0/s1. The van der Waals surface area contributed by atoms with Gasteiger partial charge in [0.05, 0.1) is 10.8 Å². The van der Waals surface area contributed by atoms with E-state index in [1.165, 1.54) is 12.1 Å². The van der Waals surface area contributed by atoms with Crippen LogP contribution in [-0.4, -0.2) is 26.3 Å². The van der Waals surface area contributed by atoms with Crippen LogP contribution < -0.4 is 5.32 Å². The van der Waals surface area contributed by atoms with E-state index in [1.807, 2.05) is 0 Å². The number of aromatic nitrogens is 3. The molecule has 5 nitrogen and oxygen atoms in total. The molecule has 2 N–H and O–H groups in total. The highest BCUT2D eigenvalue weighted by molar-refractivity contribution is 8.00. The van der Waals surface area contributed by atoms with Gasteiger partial charge in [0.25, 0.3) is 0 Å². The molecule has 0 bridgehead atoms. The summed E-state index contributed by atoms with van der Waals surface area (Å²) in [6.45, 7) is 3.33. The van der Waals surface area contributed by atoms with Gasteiger partial charge in [0.2, 0.25) is 11.1 Å². The SMILES string of the molecule is Cc1ccc(NC(=O)[C@H](C)Sc2n[nH]c(-c3ccccc3F)n2)cc1F. The maximum Gasteiger partial charge on any atom is 0.237 e. The number of aromatic amines is 1. The van der Waals surface area contributed by atoms with Gasteiger partial charge in [-0.05, 0) is 43.7 Å². The van der Waals surface area contributed by atoms with Crippen LogP contribution in [0.4, 0.5) is 14.5 Å². The quantitative estimate of drug-likeness (QED) is 0.658. The molecule has 0 saturated carbocycles. The number of halogens is 2. The van der Waals surface area contributed by atoms with Crippen molar-refractivity contribution in [2.75, 3.05) is 5.32 Å². The van der Waals surface area contributed by atoms with Gasteiger partial charge in [-0.25, -0.2) is 13.8 Å². The van der Waals surface area contributed by atoms with Crippen molar-refractivity contribution in [3.63, 3.8) is 0 Å². The minimum absolute atomic E-state index is 0.291. The predicted molar refractivity (Wildman–Crippen MR) is 96.9 cm³/mol. The molecule has 1 aromatic heterocycles. The number of rotatable bonds is 5. The predicted octanol–water partition coefficient (Wildman–Crippen LogP) is 4.18. The van der Waals surface area contributed by atoms with Crippen molar-refractivity contribution in [2.45, 2.75) is 24.3 Å². The third kappa shape index (κ3) is 4.08. The summed E-state index contributed by atoms with van der Waals surface area (Å²) in [4.78, 5) is 16.5. The zero-order chi connectivity index (χ0) is 18.7. The zero-order valence-electron chi connectivity index (χ0n) is 14.1. The van der Waals surface area contributed by atoms with E-state index in [2.05, 4.69) is 20.5 Å². The first-order valence-corrected chi connectivity index (χ1v) is 8.73. The number of thioether (sulfide) groups is 1. The van der Waals surface area contributed by atoms with Crippen molar-refractivity contribution in [1.29, 1.82) is 0 Å². The second-order valence-corrected chi connectivity index (χ2v) is 6.97. The van der Waals surface area contributed by atoms with Crippen molar-refractivity contribution in [3.8, 4) is 11.4 Å².